The van der Waals surface area contributed by atoms with E-state index < -0.39 is 80.1 Å². The number of hydrogen-bond donors (Lipinski definition) is 7. The normalized spacial score (nSPS) is 11.7. The van der Waals surface area contributed by atoms with E-state index in [1.165, 1.54) is 13.4 Å². The molecular weight excluding hydrogens is 920 g/mol. The summed E-state index contributed by atoms with van der Waals surface area (Å²) in [5, 5.41) is 66.8. The summed E-state index contributed by atoms with van der Waals surface area (Å²) in [7, 11) is 1.40. The number of unbranched alkanes of at least 4 members (excludes halogenated alkanes) is 2. The van der Waals surface area contributed by atoms with Crippen molar-refractivity contribution >= 4 is 53.5 Å². The third-order valence-corrected chi connectivity index (χ3v) is 8.04. The van der Waals surface area contributed by atoms with E-state index in [0.29, 0.717) is 54.0 Å². The van der Waals surface area contributed by atoms with Crippen molar-refractivity contribution < 1.29 is 157 Å². The van der Waals surface area contributed by atoms with E-state index in [1.807, 2.05) is 0 Å². The molecule has 67 heavy (non-hydrogen) atoms. The number of hydrogen-bond acceptors (Lipinski definition) is 17. The summed E-state index contributed by atoms with van der Waals surface area (Å²) < 4.78 is 0. The molecule has 1 aromatic heterocycles. The Balaban J connectivity index is -0.000000204. The van der Waals surface area contributed by atoms with Crippen LogP contribution in [0.5, 0.6) is 0 Å². The molecule has 1 heterocycles. The van der Waals surface area contributed by atoms with Gasteiger partial charge in [-0.25, -0.2) is 14.8 Å². The maximum Gasteiger partial charge on any atom is 2.00 e. The van der Waals surface area contributed by atoms with Gasteiger partial charge in [-0.1, -0.05) is 19.2 Å². The second kappa shape index (κ2) is 43.3. The fourth-order valence-corrected chi connectivity index (χ4v) is 5.03. The predicted molar refractivity (Wildman–Crippen MR) is 213 cm³/mol. The zero-order chi connectivity index (χ0) is 48.7. The predicted octanol–water partition coefficient (Wildman–Crippen LogP) is -13.0. The summed E-state index contributed by atoms with van der Waals surface area (Å²) in [5.74, 6) is -9.64. The van der Waals surface area contributed by atoms with Crippen molar-refractivity contribution in [3.8, 4) is 0 Å². The third-order valence-electron chi connectivity index (χ3n) is 8.04. The largest absolute Gasteiger partial charge is 2.00 e. The van der Waals surface area contributed by atoms with Crippen LogP contribution in [0.15, 0.2) is 36.8 Å². The van der Waals surface area contributed by atoms with Gasteiger partial charge >= 0.3 is 91.0 Å². The van der Waals surface area contributed by atoms with Crippen LogP contribution in [0.3, 0.4) is 0 Å². The van der Waals surface area contributed by atoms with Crippen LogP contribution < -0.4 is 87.9 Å². The third kappa shape index (κ3) is 39.7. The Hall–Kier alpha value is -3.99. The second-order valence-electron chi connectivity index (χ2n) is 13.8. The van der Waals surface area contributed by atoms with E-state index >= 15 is 0 Å². The smallest absolute Gasteiger partial charge is 0.667 e. The summed E-state index contributed by atoms with van der Waals surface area (Å²) in [4.78, 5) is 117. The number of rotatable bonds is 31. The Labute approximate surface area is 434 Å². The standard InChI is InChI=1S/2C14H22N2O7.C10H17N4O3.3Li.Ni/c2*1-9(2)13(21)15-6-4-3-5-10(14(22)23)16(7-11(17)18)8-12(19)20;1-7(5-17-16-2)14-10(15)9(11)3-8-4-12-6-13-8;;;;/h2*10H,1,3-8H2,2H3,(H,15,21)(H,17,18)(H,19,20)(H,22,23);4,6-7,9,11H,3,5H2,1-2H3,(H,12,13)(H,14,15);;;;/q;;-1;3*+1;+2/p-3/t2*10-;7-,9+;;;;/m000..../s1. The van der Waals surface area contributed by atoms with Gasteiger partial charge in [-0.2, -0.15) is 0 Å². The minimum atomic E-state index is -1.61. The van der Waals surface area contributed by atoms with E-state index in [-0.39, 0.29) is 129 Å². The monoisotopic (exact) mass is 977 g/mol. The number of carbonyl (C=O) groups is 9. The molecule has 0 fully saturated rings. The molecule has 0 aromatic carbocycles. The molecule has 0 spiro atoms. The van der Waals surface area contributed by atoms with Crippen molar-refractivity contribution in [3.05, 3.63) is 48.3 Å². The van der Waals surface area contributed by atoms with Crippen molar-refractivity contribution in [2.75, 3.05) is 53.0 Å². The number of aromatic amines is 1. The summed E-state index contributed by atoms with van der Waals surface area (Å²) in [5.41, 5.74) is 9.08. The average molecular weight is 978 g/mol. The van der Waals surface area contributed by atoms with Gasteiger partial charge in [-0.15, -0.1) is 0 Å². The second-order valence-corrected chi connectivity index (χ2v) is 13.8. The van der Waals surface area contributed by atoms with Crippen LogP contribution in [-0.4, -0.2) is 166 Å². The van der Waals surface area contributed by atoms with E-state index in [4.69, 9.17) is 15.9 Å². The zero-order valence-corrected chi connectivity index (χ0v) is 40.0. The van der Waals surface area contributed by atoms with Gasteiger partial charge in [0.25, 0.3) is 0 Å². The summed E-state index contributed by atoms with van der Waals surface area (Å²) in [6, 6.07) is -3.68. The molecule has 364 valence electrons. The van der Waals surface area contributed by atoms with E-state index in [0.717, 1.165) is 4.90 Å². The number of carbonyl (C=O) groups excluding carboxylic acids is 6. The molecule has 29 heteroatoms. The molecule has 0 aliphatic carbocycles. The maximum absolute atomic E-state index is 11.6. The van der Waals surface area contributed by atoms with Crippen LogP contribution in [0.25, 0.3) is 5.73 Å². The first-order valence-corrected chi connectivity index (χ1v) is 19.2. The number of H-pyrrole nitrogens is 1. The number of carboxylic acids is 6. The number of aromatic nitrogens is 2. The van der Waals surface area contributed by atoms with Gasteiger partial charge in [0.1, 0.15) is 12.6 Å². The van der Waals surface area contributed by atoms with Gasteiger partial charge < -0.3 is 71.7 Å². The molecule has 0 bridgehead atoms. The number of amides is 3. The van der Waals surface area contributed by atoms with Crippen molar-refractivity contribution in [2.45, 2.75) is 89.9 Å². The Bertz CT molecular complexity index is 1560. The fourth-order valence-electron chi connectivity index (χ4n) is 5.03. The molecule has 0 aliphatic rings. The zero-order valence-electron chi connectivity index (χ0n) is 39.0. The van der Waals surface area contributed by atoms with Gasteiger partial charge in [0.2, 0.25) is 17.7 Å². The Morgan fingerprint density at radius 1 is 0.776 bits per heavy atom. The van der Waals surface area contributed by atoms with Crippen molar-refractivity contribution in [2.24, 2.45) is 0 Å². The number of imidazole rings is 1. The maximum atomic E-state index is 11.6. The molecule has 0 radical (unpaired) electrons. The molecular formula is C38H58Li3N8NiO17+. The first-order chi connectivity index (χ1) is 29.4. The van der Waals surface area contributed by atoms with Crippen molar-refractivity contribution in [3.63, 3.8) is 0 Å². The first-order valence-electron chi connectivity index (χ1n) is 19.2. The molecule has 3 amide bonds. The average Bonchev–Trinajstić information content (AvgIpc) is 3.68. The van der Waals surface area contributed by atoms with E-state index in [9.17, 15) is 63.6 Å². The summed E-state index contributed by atoms with van der Waals surface area (Å²) >= 11 is 0. The SMILES string of the molecule is C=C(C)C(=O)NCCCC[C@@H](C(=O)O)N(CC(=O)O)CC(=O)O.C=C(C)C(=O)NCCCC[C@@H](C(=O)[O-])N(CC(=O)[O-])CC(=O)[O-].COOC[C@H](C)NC(=O)[C@H]([NH-])Cc1c[nH]cn1.[Li+].[Li+].[Li+].[Ni+2]. The summed E-state index contributed by atoms with van der Waals surface area (Å²) in [6.45, 7) is 9.60. The molecule has 4 atom stereocenters. The number of carboxylic acid groups (broad SMARTS) is 6. The van der Waals surface area contributed by atoms with Gasteiger partial charge in [0.15, 0.2) is 0 Å². The number of aliphatic carboxylic acids is 6. The van der Waals surface area contributed by atoms with Gasteiger partial charge in [0.05, 0.1) is 62.2 Å². The number of nitrogens with one attached hydrogen (secondary N) is 5. The quantitative estimate of drug-likeness (QED) is 0.0119. The molecule has 0 saturated heterocycles. The first kappa shape index (κ1) is 74.5. The molecule has 0 unspecified atom stereocenters. The van der Waals surface area contributed by atoms with Gasteiger partial charge in [-0.3, -0.25) is 38.6 Å². The van der Waals surface area contributed by atoms with Gasteiger partial charge in [-0.05, 0) is 65.7 Å². The van der Waals surface area contributed by atoms with E-state index in [2.05, 4.69) is 48.9 Å². The topological polar surface area (TPSA) is 397 Å². The minimum absolute atomic E-state index is 0. The van der Waals surface area contributed by atoms with Crippen LogP contribution in [-0.2, 0) is 75.8 Å². The molecule has 8 N–H and O–H groups in total. The minimum Gasteiger partial charge on any atom is -0.667 e. The van der Waals surface area contributed by atoms with Crippen LogP contribution in [0.2, 0.25) is 0 Å². The Morgan fingerprint density at radius 3 is 1.55 bits per heavy atom. The van der Waals surface area contributed by atoms with Gasteiger partial charge in [0, 0.05) is 43.5 Å². The van der Waals surface area contributed by atoms with Crippen LogP contribution in [0.4, 0.5) is 0 Å². The van der Waals surface area contributed by atoms with Crippen LogP contribution >= 0.6 is 0 Å². The van der Waals surface area contributed by atoms with Crippen molar-refractivity contribution in [1.29, 1.82) is 0 Å². The molecule has 1 rings (SSSR count). The molecule has 0 aliphatic heterocycles. The molecule has 0 saturated carbocycles. The Kier molecular flexibility index (Phi) is 48.2. The van der Waals surface area contributed by atoms with Crippen LogP contribution in [0.1, 0.15) is 65.0 Å². The molecule has 25 nitrogen and oxygen atoms in total. The van der Waals surface area contributed by atoms with Crippen molar-refractivity contribution in [1.82, 2.24) is 35.7 Å². The summed E-state index contributed by atoms with van der Waals surface area (Å²) in [6.07, 6.45) is 5.14. The fraction of sp³-hybridized carbons (Fsp3) is 0.579. The number of nitrogens with zero attached hydrogens (tertiary/aromatic N) is 3. The van der Waals surface area contributed by atoms with Crippen LogP contribution in [0, 0.1) is 0 Å². The molecule has 1 aromatic rings. The van der Waals surface area contributed by atoms with E-state index in [1.54, 1.807) is 27.0 Å². The Morgan fingerprint density at radius 2 is 1.21 bits per heavy atom.